The number of fused-ring (bicyclic) bond motifs is 3. The van der Waals surface area contributed by atoms with Gasteiger partial charge in [0.2, 0.25) is 0 Å². The molecule has 2 saturated heterocycles. The number of benzene rings is 1. The molecule has 22 heavy (non-hydrogen) atoms. The zero-order chi connectivity index (χ0) is 15.1. The largest absolute Gasteiger partial charge is 0.463 e. The molecule has 112 valence electrons. The lowest BCUT2D eigenvalue weighted by molar-refractivity contribution is 0.0931. The van der Waals surface area contributed by atoms with Crippen molar-refractivity contribution in [2.45, 2.75) is 44.3 Å². The molecule has 3 atom stereocenters. The van der Waals surface area contributed by atoms with Gasteiger partial charge in [-0.05, 0) is 44.4 Å². The fraction of sp³-hybridized carbons (Fsp3) is 0.389. The molecule has 1 aromatic carbocycles. The Bertz CT molecular complexity index is 796. The minimum Gasteiger partial charge on any atom is -0.463 e. The maximum atomic E-state index is 12.5. The second kappa shape index (κ2) is 5.19. The van der Waals surface area contributed by atoms with Crippen LogP contribution in [-0.2, 0) is 0 Å². The van der Waals surface area contributed by atoms with Gasteiger partial charge in [0.05, 0.1) is 5.56 Å². The molecule has 0 saturated carbocycles. The molecule has 4 rings (SSSR count). The Balaban J connectivity index is 1.58. The van der Waals surface area contributed by atoms with E-state index in [-0.39, 0.29) is 11.9 Å². The predicted molar refractivity (Wildman–Crippen MR) is 84.6 cm³/mol. The number of furan rings is 1. The maximum Gasteiger partial charge on any atom is 0.251 e. The van der Waals surface area contributed by atoms with E-state index in [0.29, 0.717) is 17.6 Å². The molecule has 2 bridgehead atoms. The molecule has 3 heterocycles. The van der Waals surface area contributed by atoms with Crippen molar-refractivity contribution in [2.24, 2.45) is 0 Å². The molecule has 2 aromatic rings. The summed E-state index contributed by atoms with van der Waals surface area (Å²) >= 11 is 0. The van der Waals surface area contributed by atoms with Crippen LogP contribution in [-0.4, -0.2) is 24.0 Å². The molecule has 2 fully saturated rings. The van der Waals surface area contributed by atoms with Crippen LogP contribution in [0.25, 0.3) is 11.0 Å². The Kier molecular flexibility index (Phi) is 3.16. The third-order valence-corrected chi connectivity index (χ3v) is 4.71. The van der Waals surface area contributed by atoms with E-state index in [9.17, 15) is 4.79 Å². The second-order valence-electron chi connectivity index (χ2n) is 6.10. The van der Waals surface area contributed by atoms with Crippen molar-refractivity contribution in [2.75, 3.05) is 0 Å². The fourth-order valence-corrected chi connectivity index (χ4v) is 3.64. The quantitative estimate of drug-likeness (QED) is 0.836. The molecular weight excluding hydrogens is 276 g/mol. The van der Waals surface area contributed by atoms with E-state index in [2.05, 4.69) is 22.5 Å². The van der Waals surface area contributed by atoms with Crippen LogP contribution in [0.5, 0.6) is 0 Å². The first-order chi connectivity index (χ1) is 10.7. The normalized spacial score (nSPS) is 26.0. The molecule has 1 amide bonds. The van der Waals surface area contributed by atoms with Crippen molar-refractivity contribution < 1.29 is 9.21 Å². The standard InChI is InChI=1S/C18H18N2O2/c1-2-3-12-10-22-17-7-4-11(8-14(12)17)18(21)20-16-9-13-5-6-15(16)19-13/h4,7-8,10,13,15-16,19H,5-6,9H2,1H3,(H,20,21)/t13?,15?,16-/m1/s1. The Morgan fingerprint density at radius 2 is 2.32 bits per heavy atom. The average Bonchev–Trinajstić information content (AvgIpc) is 3.23. The van der Waals surface area contributed by atoms with Gasteiger partial charge < -0.3 is 15.1 Å². The van der Waals surface area contributed by atoms with Crippen molar-refractivity contribution in [1.82, 2.24) is 10.6 Å². The highest BCUT2D eigenvalue weighted by Crippen LogP contribution is 2.28. The molecule has 2 aliphatic rings. The lowest BCUT2D eigenvalue weighted by Gasteiger charge is -2.21. The van der Waals surface area contributed by atoms with Crippen molar-refractivity contribution in [1.29, 1.82) is 0 Å². The number of nitrogens with one attached hydrogen (secondary N) is 2. The van der Waals surface area contributed by atoms with Crippen molar-refractivity contribution in [3.05, 3.63) is 35.6 Å². The Morgan fingerprint density at radius 3 is 3.05 bits per heavy atom. The third kappa shape index (κ3) is 2.18. The van der Waals surface area contributed by atoms with E-state index >= 15 is 0 Å². The first-order valence-corrected chi connectivity index (χ1v) is 7.75. The van der Waals surface area contributed by atoms with Gasteiger partial charge in [-0.3, -0.25) is 4.79 Å². The summed E-state index contributed by atoms with van der Waals surface area (Å²) in [7, 11) is 0. The van der Waals surface area contributed by atoms with Gasteiger partial charge in [-0.15, -0.1) is 5.92 Å². The summed E-state index contributed by atoms with van der Waals surface area (Å²) in [5.41, 5.74) is 2.25. The zero-order valence-electron chi connectivity index (χ0n) is 12.5. The highest BCUT2D eigenvalue weighted by molar-refractivity contribution is 5.99. The summed E-state index contributed by atoms with van der Waals surface area (Å²) in [5.74, 6) is 5.86. The van der Waals surface area contributed by atoms with Gasteiger partial charge in [0, 0.05) is 29.1 Å². The summed E-state index contributed by atoms with van der Waals surface area (Å²) < 4.78 is 5.47. The number of hydrogen-bond donors (Lipinski definition) is 2. The molecular formula is C18H18N2O2. The highest BCUT2D eigenvalue weighted by atomic mass is 16.3. The lowest BCUT2D eigenvalue weighted by Crippen LogP contribution is -2.42. The molecule has 1 aromatic heterocycles. The average molecular weight is 294 g/mol. The first-order valence-electron chi connectivity index (χ1n) is 7.75. The minimum atomic E-state index is -0.0159. The summed E-state index contributed by atoms with van der Waals surface area (Å²) in [6.45, 7) is 1.79. The van der Waals surface area contributed by atoms with Gasteiger partial charge in [-0.2, -0.15) is 0 Å². The van der Waals surface area contributed by atoms with Gasteiger partial charge in [0.15, 0.2) is 0 Å². The third-order valence-electron chi connectivity index (χ3n) is 4.71. The van der Waals surface area contributed by atoms with Gasteiger partial charge in [0.25, 0.3) is 5.91 Å². The number of carbonyl (C=O) groups excluding carboxylic acids is 1. The Hall–Kier alpha value is -2.25. The van der Waals surface area contributed by atoms with Crippen molar-refractivity contribution in [3.8, 4) is 11.8 Å². The molecule has 0 spiro atoms. The Labute approximate surface area is 129 Å². The van der Waals surface area contributed by atoms with Crippen LogP contribution >= 0.6 is 0 Å². The molecule has 2 unspecified atom stereocenters. The van der Waals surface area contributed by atoms with Crippen LogP contribution in [0, 0.1) is 11.8 Å². The smallest absolute Gasteiger partial charge is 0.251 e. The van der Waals surface area contributed by atoms with Gasteiger partial charge in [0.1, 0.15) is 11.8 Å². The van der Waals surface area contributed by atoms with Gasteiger partial charge >= 0.3 is 0 Å². The van der Waals surface area contributed by atoms with Gasteiger partial charge in [-0.25, -0.2) is 0 Å². The topological polar surface area (TPSA) is 54.3 Å². The summed E-state index contributed by atoms with van der Waals surface area (Å²) in [4.78, 5) is 12.5. The monoisotopic (exact) mass is 294 g/mol. The number of rotatable bonds is 2. The van der Waals surface area contributed by atoms with E-state index in [0.717, 1.165) is 29.4 Å². The van der Waals surface area contributed by atoms with Gasteiger partial charge in [-0.1, -0.05) is 5.92 Å². The first kappa shape index (κ1) is 13.4. The zero-order valence-corrected chi connectivity index (χ0v) is 12.5. The van der Waals surface area contributed by atoms with Crippen LogP contribution in [0.15, 0.2) is 28.9 Å². The van der Waals surface area contributed by atoms with Crippen LogP contribution in [0.1, 0.15) is 42.1 Å². The number of amides is 1. The maximum absolute atomic E-state index is 12.5. The molecule has 2 N–H and O–H groups in total. The minimum absolute atomic E-state index is 0.0159. The molecule has 0 aliphatic carbocycles. The highest BCUT2D eigenvalue weighted by Gasteiger charge is 2.39. The predicted octanol–water partition coefficient (Wildman–Crippen LogP) is 2.43. The number of hydrogen-bond acceptors (Lipinski definition) is 3. The lowest BCUT2D eigenvalue weighted by atomic mass is 9.95. The fourth-order valence-electron chi connectivity index (χ4n) is 3.64. The summed E-state index contributed by atoms with van der Waals surface area (Å²) in [5, 5.41) is 7.60. The van der Waals surface area contributed by atoms with E-state index in [1.54, 1.807) is 13.2 Å². The van der Waals surface area contributed by atoms with Crippen molar-refractivity contribution >= 4 is 16.9 Å². The SMILES string of the molecule is CC#Cc1coc2ccc(C(=O)N[C@@H]3CC4CCC3N4)cc12. The van der Waals surface area contributed by atoms with Crippen LogP contribution in [0.2, 0.25) is 0 Å². The van der Waals surface area contributed by atoms with E-state index < -0.39 is 0 Å². The van der Waals surface area contributed by atoms with Crippen molar-refractivity contribution in [3.63, 3.8) is 0 Å². The van der Waals surface area contributed by atoms with Crippen LogP contribution < -0.4 is 10.6 Å². The van der Waals surface area contributed by atoms with E-state index in [4.69, 9.17) is 4.42 Å². The van der Waals surface area contributed by atoms with Crippen LogP contribution in [0.3, 0.4) is 0 Å². The van der Waals surface area contributed by atoms with E-state index in [1.165, 1.54) is 6.42 Å². The summed E-state index contributed by atoms with van der Waals surface area (Å²) in [6, 6.07) is 6.79. The molecule has 0 radical (unpaired) electrons. The van der Waals surface area contributed by atoms with E-state index in [1.807, 2.05) is 18.2 Å². The summed E-state index contributed by atoms with van der Waals surface area (Å²) in [6.07, 6.45) is 5.07. The molecule has 4 heteroatoms. The second-order valence-corrected chi connectivity index (χ2v) is 6.10. The molecule has 2 aliphatic heterocycles. The number of carbonyl (C=O) groups is 1. The Morgan fingerprint density at radius 1 is 1.41 bits per heavy atom. The van der Waals surface area contributed by atoms with Crippen LogP contribution in [0.4, 0.5) is 0 Å². The molecule has 4 nitrogen and oxygen atoms in total.